The third-order valence-electron chi connectivity index (χ3n) is 2.68. The second-order valence-electron chi connectivity index (χ2n) is 5.42. The van der Waals surface area contributed by atoms with Gasteiger partial charge in [-0.05, 0) is 38.8 Å². The maximum absolute atomic E-state index is 14.0. The standard InChI is InChI=1S/C14H23FN2O2/c1-14(2,3)19-9-11(17-16)8-10-6-5-7-12(18-4)13(10)15/h5-7,11,17H,8-9,16H2,1-4H3. The van der Waals surface area contributed by atoms with E-state index in [1.807, 2.05) is 20.8 Å². The second-order valence-corrected chi connectivity index (χ2v) is 5.42. The van der Waals surface area contributed by atoms with Gasteiger partial charge in [0.1, 0.15) is 0 Å². The van der Waals surface area contributed by atoms with E-state index in [1.165, 1.54) is 7.11 Å². The van der Waals surface area contributed by atoms with E-state index in [0.29, 0.717) is 18.6 Å². The molecule has 0 aliphatic heterocycles. The zero-order chi connectivity index (χ0) is 14.5. The first-order chi connectivity index (χ1) is 8.87. The van der Waals surface area contributed by atoms with Crippen LogP contribution in [0, 0.1) is 5.82 Å². The summed E-state index contributed by atoms with van der Waals surface area (Å²) in [5.41, 5.74) is 2.96. The Morgan fingerprint density at radius 3 is 2.58 bits per heavy atom. The van der Waals surface area contributed by atoms with Gasteiger partial charge in [0.2, 0.25) is 0 Å². The monoisotopic (exact) mass is 270 g/mol. The van der Waals surface area contributed by atoms with Crippen LogP contribution in [0.3, 0.4) is 0 Å². The lowest BCUT2D eigenvalue weighted by atomic mass is 10.1. The molecule has 108 valence electrons. The van der Waals surface area contributed by atoms with Crippen molar-refractivity contribution in [2.45, 2.75) is 38.8 Å². The van der Waals surface area contributed by atoms with E-state index < -0.39 is 0 Å². The lowest BCUT2D eigenvalue weighted by molar-refractivity contribution is -0.0144. The highest BCUT2D eigenvalue weighted by Gasteiger charge is 2.17. The summed E-state index contributed by atoms with van der Waals surface area (Å²) >= 11 is 0. The van der Waals surface area contributed by atoms with Gasteiger partial charge in [-0.15, -0.1) is 0 Å². The quantitative estimate of drug-likeness (QED) is 0.613. The molecule has 0 aliphatic rings. The molecule has 3 N–H and O–H groups in total. The van der Waals surface area contributed by atoms with E-state index in [4.69, 9.17) is 15.3 Å². The number of benzene rings is 1. The Hall–Kier alpha value is -1.17. The van der Waals surface area contributed by atoms with Gasteiger partial charge in [-0.2, -0.15) is 0 Å². The minimum Gasteiger partial charge on any atom is -0.494 e. The zero-order valence-electron chi connectivity index (χ0n) is 12.0. The SMILES string of the molecule is COc1cccc(CC(COC(C)(C)C)NN)c1F. The van der Waals surface area contributed by atoms with E-state index in [-0.39, 0.29) is 23.2 Å². The molecule has 5 heteroatoms. The molecule has 4 nitrogen and oxygen atoms in total. The molecular weight excluding hydrogens is 247 g/mol. The van der Waals surface area contributed by atoms with Crippen molar-refractivity contribution in [2.24, 2.45) is 5.84 Å². The number of rotatable bonds is 6. The molecule has 0 saturated carbocycles. The molecule has 1 aromatic carbocycles. The van der Waals surface area contributed by atoms with Crippen LogP contribution in [0.25, 0.3) is 0 Å². The molecule has 0 heterocycles. The van der Waals surface area contributed by atoms with Gasteiger partial charge in [-0.1, -0.05) is 12.1 Å². The highest BCUT2D eigenvalue weighted by atomic mass is 19.1. The van der Waals surface area contributed by atoms with Crippen LogP contribution in [-0.2, 0) is 11.2 Å². The fraction of sp³-hybridized carbons (Fsp3) is 0.571. The van der Waals surface area contributed by atoms with Crippen LogP contribution in [0.4, 0.5) is 4.39 Å². The van der Waals surface area contributed by atoms with Crippen molar-refractivity contribution in [3.63, 3.8) is 0 Å². The summed E-state index contributed by atoms with van der Waals surface area (Å²) in [7, 11) is 1.45. The zero-order valence-corrected chi connectivity index (χ0v) is 12.0. The van der Waals surface area contributed by atoms with Gasteiger partial charge >= 0.3 is 0 Å². The molecule has 0 spiro atoms. The number of methoxy groups -OCH3 is 1. The predicted molar refractivity (Wildman–Crippen MR) is 73.5 cm³/mol. The van der Waals surface area contributed by atoms with Crippen LogP contribution in [0.5, 0.6) is 5.75 Å². The average molecular weight is 270 g/mol. The summed E-state index contributed by atoms with van der Waals surface area (Å²) in [6.07, 6.45) is 0.440. The first-order valence-corrected chi connectivity index (χ1v) is 6.29. The lowest BCUT2D eigenvalue weighted by Gasteiger charge is -2.24. The summed E-state index contributed by atoms with van der Waals surface area (Å²) in [6.45, 7) is 6.31. The molecule has 19 heavy (non-hydrogen) atoms. The van der Waals surface area contributed by atoms with Crippen molar-refractivity contribution in [3.8, 4) is 5.75 Å². The van der Waals surface area contributed by atoms with E-state index >= 15 is 0 Å². The summed E-state index contributed by atoms with van der Waals surface area (Å²) in [4.78, 5) is 0. The summed E-state index contributed by atoms with van der Waals surface area (Å²) < 4.78 is 24.6. The Morgan fingerprint density at radius 2 is 2.05 bits per heavy atom. The first-order valence-electron chi connectivity index (χ1n) is 6.29. The number of halogens is 1. The molecule has 1 aromatic rings. The van der Waals surface area contributed by atoms with Gasteiger partial charge in [0.05, 0.1) is 19.3 Å². The van der Waals surface area contributed by atoms with Crippen molar-refractivity contribution >= 4 is 0 Å². The van der Waals surface area contributed by atoms with E-state index in [0.717, 1.165) is 0 Å². The highest BCUT2D eigenvalue weighted by Crippen LogP contribution is 2.21. The van der Waals surface area contributed by atoms with Crippen LogP contribution >= 0.6 is 0 Å². The van der Waals surface area contributed by atoms with E-state index in [2.05, 4.69) is 5.43 Å². The molecule has 1 unspecified atom stereocenters. The van der Waals surface area contributed by atoms with Gasteiger partial charge in [-0.25, -0.2) is 4.39 Å². The van der Waals surface area contributed by atoms with Crippen molar-refractivity contribution < 1.29 is 13.9 Å². The maximum Gasteiger partial charge on any atom is 0.168 e. The van der Waals surface area contributed by atoms with Gasteiger partial charge in [0.25, 0.3) is 0 Å². The van der Waals surface area contributed by atoms with Crippen LogP contribution in [-0.4, -0.2) is 25.4 Å². The van der Waals surface area contributed by atoms with E-state index in [9.17, 15) is 4.39 Å². The Morgan fingerprint density at radius 1 is 1.37 bits per heavy atom. The maximum atomic E-state index is 14.0. The lowest BCUT2D eigenvalue weighted by Crippen LogP contribution is -2.42. The number of ether oxygens (including phenoxy) is 2. The third-order valence-corrected chi connectivity index (χ3v) is 2.68. The molecule has 0 bridgehead atoms. The minimum absolute atomic E-state index is 0.152. The van der Waals surface area contributed by atoms with Gasteiger partial charge in [0, 0.05) is 6.04 Å². The summed E-state index contributed by atoms with van der Waals surface area (Å²) in [5, 5.41) is 0. The molecule has 0 aromatic heterocycles. The second kappa shape index (κ2) is 6.84. The Bertz CT molecular complexity index is 405. The molecule has 1 rings (SSSR count). The Labute approximate surface area is 114 Å². The van der Waals surface area contributed by atoms with Crippen molar-refractivity contribution in [2.75, 3.05) is 13.7 Å². The van der Waals surface area contributed by atoms with Crippen molar-refractivity contribution in [1.82, 2.24) is 5.43 Å². The minimum atomic E-state index is -0.346. The number of hydrazine groups is 1. The van der Waals surface area contributed by atoms with E-state index in [1.54, 1.807) is 18.2 Å². The molecule has 0 aliphatic carbocycles. The van der Waals surface area contributed by atoms with Crippen LogP contribution in [0.15, 0.2) is 18.2 Å². The molecule has 0 amide bonds. The number of nitrogens with two attached hydrogens (primary N) is 1. The van der Waals surface area contributed by atoms with Crippen molar-refractivity contribution in [1.29, 1.82) is 0 Å². The third kappa shape index (κ3) is 5.14. The summed E-state index contributed by atoms with van der Waals surface area (Å²) in [5.74, 6) is 5.38. The Balaban J connectivity index is 2.70. The predicted octanol–water partition coefficient (Wildman–Crippen LogP) is 2.02. The molecule has 1 atom stereocenters. The molecular formula is C14H23FN2O2. The number of nitrogens with one attached hydrogen (secondary N) is 1. The number of hydrogen-bond acceptors (Lipinski definition) is 4. The average Bonchev–Trinajstić information content (AvgIpc) is 2.35. The van der Waals surface area contributed by atoms with Crippen LogP contribution < -0.4 is 16.0 Å². The topological polar surface area (TPSA) is 56.5 Å². The Kier molecular flexibility index (Phi) is 5.72. The fourth-order valence-corrected chi connectivity index (χ4v) is 1.65. The molecule has 0 radical (unpaired) electrons. The van der Waals surface area contributed by atoms with Gasteiger partial charge in [-0.3, -0.25) is 11.3 Å². The molecule has 0 fully saturated rings. The molecule has 0 saturated heterocycles. The fourth-order valence-electron chi connectivity index (χ4n) is 1.65. The highest BCUT2D eigenvalue weighted by molar-refractivity contribution is 5.31. The summed E-state index contributed by atoms with van der Waals surface area (Å²) in [6, 6.07) is 4.92. The normalized spacial score (nSPS) is 13.4. The van der Waals surface area contributed by atoms with Crippen molar-refractivity contribution in [3.05, 3.63) is 29.6 Å². The van der Waals surface area contributed by atoms with Gasteiger partial charge < -0.3 is 9.47 Å². The smallest absolute Gasteiger partial charge is 0.168 e. The van der Waals surface area contributed by atoms with Crippen LogP contribution in [0.1, 0.15) is 26.3 Å². The first kappa shape index (κ1) is 15.9. The number of hydrogen-bond donors (Lipinski definition) is 2. The largest absolute Gasteiger partial charge is 0.494 e. The van der Waals surface area contributed by atoms with Gasteiger partial charge in [0.15, 0.2) is 11.6 Å². The van der Waals surface area contributed by atoms with Crippen LogP contribution in [0.2, 0.25) is 0 Å².